The molecule has 96 valence electrons. The van der Waals surface area contributed by atoms with Gasteiger partial charge in [0.1, 0.15) is 11.9 Å². The van der Waals surface area contributed by atoms with E-state index in [-0.39, 0.29) is 12.1 Å². The maximum Gasteiger partial charge on any atom is 0.236 e. The van der Waals surface area contributed by atoms with Crippen LogP contribution in [0.15, 0.2) is 18.2 Å². The number of nitriles is 1. The fourth-order valence-corrected chi connectivity index (χ4v) is 1.68. The lowest BCUT2D eigenvalue weighted by Crippen LogP contribution is -2.36. The van der Waals surface area contributed by atoms with Crippen molar-refractivity contribution in [2.45, 2.75) is 13.8 Å². The highest BCUT2D eigenvalue weighted by atomic mass is 19.1. The van der Waals surface area contributed by atoms with Gasteiger partial charge >= 0.3 is 0 Å². The lowest BCUT2D eigenvalue weighted by molar-refractivity contribution is -0.116. The van der Waals surface area contributed by atoms with Gasteiger partial charge in [0, 0.05) is 12.2 Å². The van der Waals surface area contributed by atoms with E-state index in [1.807, 2.05) is 13.8 Å². The van der Waals surface area contributed by atoms with E-state index in [0.717, 1.165) is 0 Å². The van der Waals surface area contributed by atoms with Gasteiger partial charge in [-0.1, -0.05) is 13.8 Å². The third-order valence-corrected chi connectivity index (χ3v) is 2.37. The molecule has 0 aliphatic rings. The van der Waals surface area contributed by atoms with Gasteiger partial charge in [-0.15, -0.1) is 0 Å². The minimum Gasteiger partial charge on any atom is -0.368 e. The van der Waals surface area contributed by atoms with Crippen LogP contribution in [0.5, 0.6) is 0 Å². The molecule has 1 rings (SSSR count). The first-order valence-electron chi connectivity index (χ1n) is 5.67. The van der Waals surface area contributed by atoms with E-state index in [1.54, 1.807) is 17.0 Å². The van der Waals surface area contributed by atoms with Crippen LogP contribution in [0.4, 0.5) is 10.1 Å². The predicted octanol–water partition coefficient (Wildman–Crippen LogP) is 1.65. The second-order valence-corrected chi connectivity index (χ2v) is 4.52. The number of halogens is 1. The van der Waals surface area contributed by atoms with Crippen molar-refractivity contribution < 1.29 is 9.18 Å². The van der Waals surface area contributed by atoms with E-state index in [2.05, 4.69) is 0 Å². The van der Waals surface area contributed by atoms with Crippen LogP contribution in [-0.2, 0) is 4.79 Å². The van der Waals surface area contributed by atoms with Crippen LogP contribution in [0.2, 0.25) is 0 Å². The minimum absolute atomic E-state index is 0.0117. The summed E-state index contributed by atoms with van der Waals surface area (Å²) in [5.41, 5.74) is 5.72. The summed E-state index contributed by atoms with van der Waals surface area (Å²) in [6, 6.07) is 6.03. The summed E-state index contributed by atoms with van der Waals surface area (Å²) < 4.78 is 13.5. The number of amides is 1. The van der Waals surface area contributed by atoms with Crippen LogP contribution >= 0.6 is 0 Å². The Hall–Kier alpha value is -2.09. The number of benzene rings is 1. The topological polar surface area (TPSA) is 70.1 Å². The molecule has 0 spiro atoms. The molecule has 0 fully saturated rings. The summed E-state index contributed by atoms with van der Waals surface area (Å²) in [5, 5.41) is 8.66. The van der Waals surface area contributed by atoms with Crippen molar-refractivity contribution in [2.24, 2.45) is 11.7 Å². The minimum atomic E-state index is -0.590. The number of carbonyl (C=O) groups excluding carboxylic acids is 1. The Balaban J connectivity index is 3.01. The van der Waals surface area contributed by atoms with Gasteiger partial charge in [-0.3, -0.25) is 4.79 Å². The number of nitrogens with two attached hydrogens (primary N) is 1. The van der Waals surface area contributed by atoms with Crippen molar-refractivity contribution >= 4 is 11.6 Å². The number of primary amides is 1. The summed E-state index contributed by atoms with van der Waals surface area (Å²) in [7, 11) is 0. The van der Waals surface area contributed by atoms with Crippen LogP contribution in [0.1, 0.15) is 19.4 Å². The van der Waals surface area contributed by atoms with E-state index in [4.69, 9.17) is 11.0 Å². The first-order valence-corrected chi connectivity index (χ1v) is 5.67. The van der Waals surface area contributed by atoms with Crippen LogP contribution in [0.25, 0.3) is 0 Å². The summed E-state index contributed by atoms with van der Waals surface area (Å²) in [4.78, 5) is 12.7. The molecule has 0 saturated heterocycles. The molecule has 1 amide bonds. The summed E-state index contributed by atoms with van der Waals surface area (Å²) in [6.45, 7) is 4.61. The molecule has 0 aliphatic heterocycles. The number of anilines is 1. The Morgan fingerprint density at radius 2 is 2.22 bits per heavy atom. The molecule has 0 unspecified atom stereocenters. The molecule has 0 aliphatic carbocycles. The lowest BCUT2D eigenvalue weighted by atomic mass is 10.1. The normalized spacial score (nSPS) is 10.2. The quantitative estimate of drug-likeness (QED) is 0.862. The predicted molar refractivity (Wildman–Crippen MR) is 67.4 cm³/mol. The van der Waals surface area contributed by atoms with Gasteiger partial charge in [-0.05, 0) is 24.1 Å². The third-order valence-electron chi connectivity index (χ3n) is 2.37. The van der Waals surface area contributed by atoms with Gasteiger partial charge in [0.2, 0.25) is 5.91 Å². The Bertz CT molecular complexity index is 480. The van der Waals surface area contributed by atoms with Gasteiger partial charge < -0.3 is 10.6 Å². The first kappa shape index (κ1) is 14.0. The molecule has 4 nitrogen and oxygen atoms in total. The van der Waals surface area contributed by atoms with E-state index in [9.17, 15) is 9.18 Å². The van der Waals surface area contributed by atoms with Crippen molar-refractivity contribution in [3.05, 3.63) is 29.6 Å². The fourth-order valence-electron chi connectivity index (χ4n) is 1.68. The highest BCUT2D eigenvalue weighted by molar-refractivity contribution is 5.79. The zero-order valence-corrected chi connectivity index (χ0v) is 10.5. The summed E-state index contributed by atoms with van der Waals surface area (Å²) >= 11 is 0. The van der Waals surface area contributed by atoms with Crippen molar-refractivity contribution in [1.29, 1.82) is 5.26 Å². The second kappa shape index (κ2) is 6.01. The standard InChI is InChI=1S/C13H16FN3O/c1-9(2)7-17(8-13(16)18)11-4-3-10(6-15)12(14)5-11/h3-5,9H,7-8H2,1-2H3,(H2,16,18). The monoisotopic (exact) mass is 249 g/mol. The average molecular weight is 249 g/mol. The Kier molecular flexibility index (Phi) is 4.67. The van der Waals surface area contributed by atoms with Crippen molar-refractivity contribution in [2.75, 3.05) is 18.0 Å². The number of rotatable bonds is 5. The molecule has 0 aromatic heterocycles. The van der Waals surface area contributed by atoms with Gasteiger partial charge in [0.05, 0.1) is 12.1 Å². The largest absolute Gasteiger partial charge is 0.368 e. The molecule has 1 aromatic rings. The van der Waals surface area contributed by atoms with Gasteiger partial charge in [0.25, 0.3) is 0 Å². The zero-order valence-electron chi connectivity index (χ0n) is 10.5. The SMILES string of the molecule is CC(C)CN(CC(N)=O)c1ccc(C#N)c(F)c1. The molecule has 1 aromatic carbocycles. The van der Waals surface area contributed by atoms with Gasteiger partial charge in [0.15, 0.2) is 0 Å². The highest BCUT2D eigenvalue weighted by Gasteiger charge is 2.13. The number of carbonyl (C=O) groups is 1. The molecular formula is C13H16FN3O. The second-order valence-electron chi connectivity index (χ2n) is 4.52. The third kappa shape index (κ3) is 3.74. The number of hydrogen-bond donors (Lipinski definition) is 1. The van der Waals surface area contributed by atoms with Crippen LogP contribution < -0.4 is 10.6 Å². The Labute approximate surface area is 106 Å². The van der Waals surface area contributed by atoms with Crippen LogP contribution in [0, 0.1) is 23.1 Å². The molecule has 18 heavy (non-hydrogen) atoms. The molecule has 5 heteroatoms. The Morgan fingerprint density at radius 3 is 2.67 bits per heavy atom. The van der Waals surface area contributed by atoms with E-state index < -0.39 is 11.7 Å². The van der Waals surface area contributed by atoms with Crippen LogP contribution in [0.3, 0.4) is 0 Å². The van der Waals surface area contributed by atoms with Crippen molar-refractivity contribution in [3.63, 3.8) is 0 Å². The van der Waals surface area contributed by atoms with Crippen molar-refractivity contribution in [3.8, 4) is 6.07 Å². The molecule has 0 saturated carbocycles. The van der Waals surface area contributed by atoms with Gasteiger partial charge in [-0.2, -0.15) is 5.26 Å². The van der Waals surface area contributed by atoms with E-state index in [0.29, 0.717) is 18.2 Å². The molecule has 2 N–H and O–H groups in total. The summed E-state index contributed by atoms with van der Waals surface area (Å²) in [5.74, 6) is -0.753. The number of nitrogens with zero attached hydrogens (tertiary/aromatic N) is 2. The first-order chi connectivity index (χ1) is 8.43. The molecule has 0 heterocycles. The Morgan fingerprint density at radius 1 is 1.56 bits per heavy atom. The lowest BCUT2D eigenvalue weighted by Gasteiger charge is -2.25. The van der Waals surface area contributed by atoms with E-state index in [1.165, 1.54) is 12.1 Å². The molecule has 0 radical (unpaired) electrons. The van der Waals surface area contributed by atoms with Crippen LogP contribution in [-0.4, -0.2) is 19.0 Å². The maximum atomic E-state index is 13.5. The van der Waals surface area contributed by atoms with Crippen molar-refractivity contribution in [1.82, 2.24) is 0 Å². The molecule has 0 bridgehead atoms. The molecular weight excluding hydrogens is 233 g/mol. The molecule has 0 atom stereocenters. The maximum absolute atomic E-state index is 13.5. The fraction of sp³-hybridized carbons (Fsp3) is 0.385. The number of hydrogen-bond acceptors (Lipinski definition) is 3. The van der Waals surface area contributed by atoms with E-state index >= 15 is 0 Å². The summed E-state index contributed by atoms with van der Waals surface area (Å²) in [6.07, 6.45) is 0. The average Bonchev–Trinajstić information content (AvgIpc) is 2.26. The zero-order chi connectivity index (χ0) is 13.7. The van der Waals surface area contributed by atoms with Gasteiger partial charge in [-0.25, -0.2) is 4.39 Å². The highest BCUT2D eigenvalue weighted by Crippen LogP contribution is 2.19. The smallest absolute Gasteiger partial charge is 0.236 e.